The highest BCUT2D eigenvalue weighted by molar-refractivity contribution is 7.90. The number of ketones is 1. The van der Waals surface area contributed by atoms with Gasteiger partial charge in [0.15, 0.2) is 0 Å². The van der Waals surface area contributed by atoms with Crippen molar-refractivity contribution in [1.82, 2.24) is 19.6 Å². The van der Waals surface area contributed by atoms with Crippen molar-refractivity contribution >= 4 is 49.9 Å². The predicted octanol–water partition coefficient (Wildman–Crippen LogP) is 7.27. The van der Waals surface area contributed by atoms with Crippen molar-refractivity contribution in [2.75, 3.05) is 20.7 Å². The first-order chi connectivity index (χ1) is 26.5. The molecule has 1 aromatic carbocycles. The average molecular weight is 789 g/mol. The maximum absolute atomic E-state index is 14.5. The summed E-state index contributed by atoms with van der Waals surface area (Å²) in [5, 5.41) is 3.47. The Morgan fingerprint density at radius 2 is 1.76 bits per heavy atom. The van der Waals surface area contributed by atoms with Crippen molar-refractivity contribution in [3.63, 3.8) is 0 Å². The molecule has 5 atom stereocenters. The van der Waals surface area contributed by atoms with E-state index in [4.69, 9.17) is 19.4 Å². The highest BCUT2D eigenvalue weighted by Gasteiger charge is 2.61. The van der Waals surface area contributed by atoms with Gasteiger partial charge in [0.1, 0.15) is 23.4 Å². The number of benzene rings is 1. The van der Waals surface area contributed by atoms with Gasteiger partial charge in [0, 0.05) is 54.2 Å². The smallest absolute Gasteiger partial charge is 0.240 e. The maximum atomic E-state index is 14.5. The van der Waals surface area contributed by atoms with Gasteiger partial charge in [-0.3, -0.25) is 19.1 Å². The Hall–Kier alpha value is -3.84. The molecular formula is C42H52N4O7S2. The number of methoxy groups -OCH3 is 1. The first-order valence-corrected chi connectivity index (χ1v) is 22.5. The zero-order valence-corrected chi connectivity index (χ0v) is 33.7. The van der Waals surface area contributed by atoms with Crippen molar-refractivity contribution in [1.29, 1.82) is 0 Å². The molecule has 5 aliphatic rings. The summed E-state index contributed by atoms with van der Waals surface area (Å²) in [6, 6.07) is 5.78. The molecule has 1 aliphatic heterocycles. The van der Waals surface area contributed by atoms with Crippen molar-refractivity contribution in [2.24, 2.45) is 23.2 Å². The van der Waals surface area contributed by atoms with Crippen LogP contribution in [-0.2, 0) is 24.4 Å². The molecule has 13 heteroatoms. The first kappa shape index (κ1) is 38.1. The third-order valence-electron chi connectivity index (χ3n) is 12.8. The van der Waals surface area contributed by atoms with Gasteiger partial charge in [0.25, 0.3) is 0 Å². The number of hydrogen-bond acceptors (Lipinski definition) is 10. The molecule has 55 heavy (non-hydrogen) atoms. The molecule has 11 nitrogen and oxygen atoms in total. The Morgan fingerprint density at radius 3 is 2.53 bits per heavy atom. The van der Waals surface area contributed by atoms with Crippen LogP contribution in [0, 0.1) is 30.1 Å². The van der Waals surface area contributed by atoms with Crippen LogP contribution >= 0.6 is 11.3 Å². The standard InChI is InChI=1S/C42H52N4O7S2/c1-25-36(52-3)17-16-30-37(21-33(43-38(25)30)34-24-54-39(44-34)26-11-7-6-8-12-26)53-28-19-31-32(20-28)40(48)46(2)18-10-5-4-9-13-27-22-42(27,23-35(31)47)41(49)45-55(50,51)29-14-15-29/h9,13,16-17,21,24,26-29,31-32H,4-8,10-12,14-15,18-20,22-23H2,1-3H3,(H,45,49)/b13-9-/t27-,28+,31+,32+,42?/m0/s1. The number of fused-ring (bicyclic) bond motifs is 3. The number of rotatable bonds is 8. The molecule has 2 aromatic heterocycles. The first-order valence-electron chi connectivity index (χ1n) is 20.1. The van der Waals surface area contributed by atoms with E-state index in [1.165, 1.54) is 19.3 Å². The molecule has 0 spiro atoms. The summed E-state index contributed by atoms with van der Waals surface area (Å²) >= 11 is 1.68. The number of allylic oxidation sites excluding steroid dienone is 2. The minimum Gasteiger partial charge on any atom is -0.496 e. The summed E-state index contributed by atoms with van der Waals surface area (Å²) in [4.78, 5) is 54.2. The molecule has 1 unspecified atom stereocenters. The number of thiazole rings is 1. The average Bonchev–Trinajstić information content (AvgIpc) is 4.06. The van der Waals surface area contributed by atoms with Crippen LogP contribution in [0.3, 0.4) is 0 Å². The van der Waals surface area contributed by atoms with E-state index in [-0.39, 0.29) is 24.0 Å². The fourth-order valence-corrected chi connectivity index (χ4v) is 11.6. The Morgan fingerprint density at radius 1 is 0.982 bits per heavy atom. The van der Waals surface area contributed by atoms with Gasteiger partial charge in [0.05, 0.1) is 45.6 Å². The van der Waals surface area contributed by atoms with Crippen LogP contribution in [0.5, 0.6) is 11.5 Å². The fourth-order valence-electron chi connectivity index (χ4n) is 9.20. The van der Waals surface area contributed by atoms with E-state index in [9.17, 15) is 22.8 Å². The Kier molecular flexibility index (Phi) is 10.6. The van der Waals surface area contributed by atoms with Crippen molar-refractivity contribution in [3.05, 3.63) is 46.3 Å². The van der Waals surface area contributed by atoms with E-state index < -0.39 is 44.5 Å². The lowest BCUT2D eigenvalue weighted by Gasteiger charge is -2.26. The molecule has 8 rings (SSSR count). The van der Waals surface area contributed by atoms with Crippen LogP contribution in [0.25, 0.3) is 22.3 Å². The summed E-state index contributed by atoms with van der Waals surface area (Å²) < 4.78 is 40.6. The van der Waals surface area contributed by atoms with Crippen molar-refractivity contribution < 1.29 is 32.3 Å². The third-order valence-corrected chi connectivity index (χ3v) is 15.6. The zero-order chi connectivity index (χ0) is 38.5. The molecule has 0 bridgehead atoms. The van der Waals surface area contributed by atoms with Crippen molar-refractivity contribution in [3.8, 4) is 22.9 Å². The summed E-state index contributed by atoms with van der Waals surface area (Å²) in [6.45, 7) is 2.56. The topological polar surface area (TPSA) is 145 Å². The molecule has 2 amide bonds. The number of nitrogens with one attached hydrogen (secondary N) is 1. The molecule has 0 saturated heterocycles. The number of pyridine rings is 1. The van der Waals surface area contributed by atoms with E-state index in [1.54, 1.807) is 30.4 Å². The minimum atomic E-state index is -3.79. The molecule has 3 aromatic rings. The summed E-state index contributed by atoms with van der Waals surface area (Å²) in [5.41, 5.74) is 1.97. The molecule has 3 heterocycles. The number of ether oxygens (including phenoxy) is 2. The number of carbonyl (C=O) groups is 3. The van der Waals surface area contributed by atoms with Crippen LogP contribution < -0.4 is 14.2 Å². The molecule has 4 saturated carbocycles. The highest BCUT2D eigenvalue weighted by Crippen LogP contribution is 2.58. The Balaban J connectivity index is 1.10. The minimum absolute atomic E-state index is 0.0993. The van der Waals surface area contributed by atoms with Gasteiger partial charge in [-0.1, -0.05) is 31.4 Å². The van der Waals surface area contributed by atoms with E-state index in [0.717, 1.165) is 59.3 Å². The summed E-state index contributed by atoms with van der Waals surface area (Å²) in [5.74, 6) is -0.635. The van der Waals surface area contributed by atoms with Crippen LogP contribution in [-0.4, -0.2) is 72.9 Å². The number of hydrogen-bond donors (Lipinski definition) is 1. The number of Topliss-reactive ketones (excluding diaryl/α,β-unsaturated/α-hetero) is 1. The largest absolute Gasteiger partial charge is 0.496 e. The molecule has 1 N–H and O–H groups in total. The second kappa shape index (κ2) is 15.2. The quantitative estimate of drug-likeness (QED) is 0.233. The van der Waals surface area contributed by atoms with E-state index >= 15 is 0 Å². The second-order valence-electron chi connectivity index (χ2n) is 16.6. The molecule has 4 aliphatic carbocycles. The van der Waals surface area contributed by atoms with Gasteiger partial charge in [-0.25, -0.2) is 18.4 Å². The highest BCUT2D eigenvalue weighted by atomic mass is 32.2. The number of carbonyl (C=O) groups excluding carboxylic acids is 3. The third kappa shape index (κ3) is 7.67. The van der Waals surface area contributed by atoms with Crippen LogP contribution in [0.2, 0.25) is 0 Å². The molecule has 4 fully saturated rings. The van der Waals surface area contributed by atoms with Crippen LogP contribution in [0.15, 0.2) is 35.7 Å². The van der Waals surface area contributed by atoms with Crippen molar-refractivity contribution in [2.45, 2.75) is 114 Å². The number of sulfonamides is 1. The van der Waals surface area contributed by atoms with Gasteiger partial charge in [-0.15, -0.1) is 11.3 Å². The summed E-state index contributed by atoms with van der Waals surface area (Å²) in [6.07, 6.45) is 14.0. The van der Waals surface area contributed by atoms with E-state index in [0.29, 0.717) is 61.8 Å². The lowest BCUT2D eigenvalue weighted by atomic mass is 9.84. The molecular weight excluding hydrogens is 737 g/mol. The van der Waals surface area contributed by atoms with Gasteiger partial charge < -0.3 is 14.4 Å². The van der Waals surface area contributed by atoms with Crippen LogP contribution in [0.4, 0.5) is 0 Å². The van der Waals surface area contributed by atoms with Crippen LogP contribution in [0.1, 0.15) is 106 Å². The maximum Gasteiger partial charge on any atom is 0.240 e. The fraction of sp³-hybridized carbons (Fsp3) is 0.595. The van der Waals surface area contributed by atoms with E-state index in [2.05, 4.69) is 10.1 Å². The van der Waals surface area contributed by atoms with E-state index in [1.807, 2.05) is 37.3 Å². The lowest BCUT2D eigenvalue weighted by Crippen LogP contribution is -2.42. The molecule has 0 radical (unpaired) electrons. The monoisotopic (exact) mass is 788 g/mol. The zero-order valence-electron chi connectivity index (χ0n) is 32.1. The normalized spacial score (nSPS) is 28.6. The summed E-state index contributed by atoms with van der Waals surface area (Å²) in [7, 11) is -0.355. The Labute approximate surface area is 327 Å². The number of amides is 2. The number of nitrogens with zero attached hydrogens (tertiary/aromatic N) is 3. The van der Waals surface area contributed by atoms with Gasteiger partial charge in [-0.05, 0) is 89.2 Å². The molecule has 294 valence electrons. The lowest BCUT2D eigenvalue weighted by molar-refractivity contribution is -0.140. The number of aromatic nitrogens is 2. The SMILES string of the molecule is COc1ccc2c(O[C@@H]3C[C@H]4C(=O)CC5(C(=O)NS(=O)(=O)C6CC6)C[C@@H]5/C=C\CCCCN(C)C(=O)[C@@H]4C3)cc(-c3csc(C4CCCCC4)n3)nc2c1C. The Bertz CT molecular complexity index is 2120. The van der Waals surface area contributed by atoms with Gasteiger partial charge in [0.2, 0.25) is 21.8 Å². The van der Waals surface area contributed by atoms with Gasteiger partial charge >= 0.3 is 0 Å². The second-order valence-corrected chi connectivity index (χ2v) is 19.4. The predicted molar refractivity (Wildman–Crippen MR) is 211 cm³/mol. The van der Waals surface area contributed by atoms with Gasteiger partial charge in [-0.2, -0.15) is 0 Å². The number of aryl methyl sites for hydroxylation is 1.